The van der Waals surface area contributed by atoms with Gasteiger partial charge in [0, 0.05) is 42.0 Å². The van der Waals surface area contributed by atoms with Gasteiger partial charge >= 0.3 is 0 Å². The molecule has 0 bridgehead atoms. The number of nitrogens with zero attached hydrogens (tertiary/aromatic N) is 4. The van der Waals surface area contributed by atoms with Crippen LogP contribution in [0.4, 0.5) is 11.4 Å². The molecule has 2 saturated heterocycles. The van der Waals surface area contributed by atoms with Gasteiger partial charge < -0.3 is 24.4 Å². The number of pyridine rings is 1. The Hall–Kier alpha value is -3.68. The highest BCUT2D eigenvalue weighted by Crippen LogP contribution is 2.44. The summed E-state index contributed by atoms with van der Waals surface area (Å²) in [5.74, 6) is 0. The quantitative estimate of drug-likeness (QED) is 0.289. The van der Waals surface area contributed by atoms with Crippen molar-refractivity contribution >= 4 is 28.7 Å². The molecule has 2 aromatic heterocycles. The maximum atomic E-state index is 6.02. The molecule has 0 saturated carbocycles. The maximum Gasteiger partial charge on any atom is 0.174 e. The standard InChI is InChI=1S/C33H37N5OS/c1-21-18-22(2)31(23(3)19-21)37-24(4)20-28(25(37)5)32-30(29-8-6-7-13-34-29)35-33(40)38(32)27-11-9-26(10-12-27)36-14-16-39-17-15-36/h6-13,18-20,30,32H,14-17H2,1-5H3,(H,35,40)/t30-,32+/m1/s1. The molecule has 0 radical (unpaired) electrons. The van der Waals surface area contributed by atoms with Crippen LogP contribution in [0.2, 0.25) is 0 Å². The molecule has 6 rings (SSSR count). The van der Waals surface area contributed by atoms with Gasteiger partial charge in [-0.25, -0.2) is 0 Å². The topological polar surface area (TPSA) is 45.6 Å². The third kappa shape index (κ3) is 4.67. The van der Waals surface area contributed by atoms with Gasteiger partial charge in [0.15, 0.2) is 5.11 Å². The summed E-state index contributed by atoms with van der Waals surface area (Å²) in [5, 5.41) is 4.34. The van der Waals surface area contributed by atoms with Crippen LogP contribution in [-0.2, 0) is 4.74 Å². The third-order valence-corrected chi connectivity index (χ3v) is 8.56. The number of nitrogens with one attached hydrogen (secondary N) is 1. The maximum absolute atomic E-state index is 6.02. The fraction of sp³-hybridized carbons (Fsp3) is 0.333. The third-order valence-electron chi connectivity index (χ3n) is 8.25. The van der Waals surface area contributed by atoms with Gasteiger partial charge in [0.1, 0.15) is 0 Å². The Morgan fingerprint density at radius 3 is 2.20 bits per heavy atom. The molecule has 2 aliphatic rings. The highest BCUT2D eigenvalue weighted by Gasteiger charge is 2.42. The first-order valence-corrected chi connectivity index (χ1v) is 14.4. The van der Waals surface area contributed by atoms with Gasteiger partial charge in [0.05, 0.1) is 36.7 Å². The molecule has 206 valence electrons. The van der Waals surface area contributed by atoms with Crippen molar-refractivity contribution in [3.8, 4) is 5.69 Å². The average Bonchev–Trinajstić information content (AvgIpc) is 3.44. The van der Waals surface area contributed by atoms with Crippen LogP contribution >= 0.6 is 12.2 Å². The number of aromatic nitrogens is 2. The second-order valence-corrected chi connectivity index (χ2v) is 11.4. The fourth-order valence-electron chi connectivity index (χ4n) is 6.55. The summed E-state index contributed by atoms with van der Waals surface area (Å²) in [6.45, 7) is 14.4. The summed E-state index contributed by atoms with van der Waals surface area (Å²) < 4.78 is 7.96. The number of aryl methyl sites for hydroxylation is 4. The van der Waals surface area contributed by atoms with Gasteiger partial charge in [0.2, 0.25) is 0 Å². The summed E-state index contributed by atoms with van der Waals surface area (Å²) in [7, 11) is 0. The van der Waals surface area contributed by atoms with E-state index < -0.39 is 0 Å². The lowest BCUT2D eigenvalue weighted by atomic mass is 9.96. The first kappa shape index (κ1) is 26.5. The van der Waals surface area contributed by atoms with Crippen molar-refractivity contribution in [1.29, 1.82) is 0 Å². The lowest BCUT2D eigenvalue weighted by Crippen LogP contribution is -2.36. The number of rotatable bonds is 5. The molecule has 2 aromatic carbocycles. The highest BCUT2D eigenvalue weighted by atomic mass is 32.1. The Balaban J connectivity index is 1.46. The first-order chi connectivity index (χ1) is 19.3. The Morgan fingerprint density at radius 1 is 0.875 bits per heavy atom. The van der Waals surface area contributed by atoms with Gasteiger partial charge in [-0.15, -0.1) is 0 Å². The van der Waals surface area contributed by atoms with Crippen molar-refractivity contribution in [3.05, 3.63) is 106 Å². The lowest BCUT2D eigenvalue weighted by Gasteiger charge is -2.31. The lowest BCUT2D eigenvalue weighted by molar-refractivity contribution is 0.122. The molecule has 4 aromatic rings. The number of morpholine rings is 1. The van der Waals surface area contributed by atoms with Crippen molar-refractivity contribution in [2.45, 2.75) is 46.7 Å². The Morgan fingerprint density at radius 2 is 1.55 bits per heavy atom. The van der Waals surface area contributed by atoms with E-state index in [-0.39, 0.29) is 12.1 Å². The molecule has 0 amide bonds. The van der Waals surface area contributed by atoms with Gasteiger partial charge in [-0.3, -0.25) is 4.98 Å². The van der Waals surface area contributed by atoms with Gasteiger partial charge in [0.25, 0.3) is 0 Å². The molecule has 1 N–H and O–H groups in total. The largest absolute Gasteiger partial charge is 0.378 e. The summed E-state index contributed by atoms with van der Waals surface area (Å²) in [5.41, 5.74) is 12.1. The molecular formula is C33H37N5OS. The molecule has 4 heterocycles. The number of anilines is 2. The second kappa shape index (κ2) is 10.7. The van der Waals surface area contributed by atoms with Crippen molar-refractivity contribution in [3.63, 3.8) is 0 Å². The van der Waals surface area contributed by atoms with E-state index in [0.717, 1.165) is 37.7 Å². The van der Waals surface area contributed by atoms with Crippen LogP contribution in [-0.4, -0.2) is 41.0 Å². The van der Waals surface area contributed by atoms with E-state index in [1.54, 1.807) is 0 Å². The molecule has 6 nitrogen and oxygen atoms in total. The van der Waals surface area contributed by atoms with Gasteiger partial charge in [-0.2, -0.15) is 0 Å². The fourth-order valence-corrected chi connectivity index (χ4v) is 6.90. The molecule has 2 aliphatic heterocycles. The zero-order chi connectivity index (χ0) is 28.0. The smallest absolute Gasteiger partial charge is 0.174 e. The Labute approximate surface area is 242 Å². The molecule has 0 unspecified atom stereocenters. The number of ether oxygens (including phenoxy) is 1. The van der Waals surface area contributed by atoms with E-state index >= 15 is 0 Å². The second-order valence-electron chi connectivity index (χ2n) is 11.0. The summed E-state index contributed by atoms with van der Waals surface area (Å²) in [6, 6.07) is 21.6. The molecule has 2 atom stereocenters. The van der Waals surface area contributed by atoms with Crippen LogP contribution in [0, 0.1) is 34.6 Å². The minimum Gasteiger partial charge on any atom is -0.378 e. The van der Waals surface area contributed by atoms with Crippen LogP contribution in [0.1, 0.15) is 51.4 Å². The molecule has 0 aliphatic carbocycles. The summed E-state index contributed by atoms with van der Waals surface area (Å²) >= 11 is 6.02. The van der Waals surface area contributed by atoms with E-state index in [1.807, 2.05) is 18.3 Å². The predicted molar refractivity (Wildman–Crippen MR) is 167 cm³/mol. The Kier molecular flexibility index (Phi) is 7.11. The van der Waals surface area contributed by atoms with E-state index in [4.69, 9.17) is 21.9 Å². The zero-order valence-electron chi connectivity index (χ0n) is 23.9. The summed E-state index contributed by atoms with van der Waals surface area (Å²) in [4.78, 5) is 9.41. The van der Waals surface area contributed by atoms with Crippen molar-refractivity contribution in [1.82, 2.24) is 14.9 Å². The number of hydrogen-bond acceptors (Lipinski definition) is 4. The molecule has 7 heteroatoms. The predicted octanol–water partition coefficient (Wildman–Crippen LogP) is 6.43. The van der Waals surface area contributed by atoms with Crippen LogP contribution < -0.4 is 15.1 Å². The number of hydrogen-bond donors (Lipinski definition) is 1. The minimum atomic E-state index is -0.0817. The molecular weight excluding hydrogens is 514 g/mol. The van der Waals surface area contributed by atoms with E-state index in [2.05, 4.69) is 103 Å². The Bertz CT molecular complexity index is 1520. The van der Waals surface area contributed by atoms with Crippen LogP contribution in [0.5, 0.6) is 0 Å². The van der Waals surface area contributed by atoms with Crippen LogP contribution in [0.25, 0.3) is 5.69 Å². The molecule has 0 spiro atoms. The molecule has 2 fully saturated rings. The zero-order valence-corrected chi connectivity index (χ0v) is 24.8. The SMILES string of the molecule is Cc1cc(C)c(-n2c(C)cc([C@H]3[C@@H](c4ccccn4)NC(=S)N3c3ccc(N4CCOCC4)cc3)c2C)c(C)c1. The molecule has 40 heavy (non-hydrogen) atoms. The number of benzene rings is 2. The van der Waals surface area contributed by atoms with E-state index in [0.29, 0.717) is 5.11 Å². The minimum absolute atomic E-state index is 0.0531. The van der Waals surface area contributed by atoms with Gasteiger partial charge in [-0.1, -0.05) is 23.8 Å². The van der Waals surface area contributed by atoms with Crippen molar-refractivity contribution in [2.24, 2.45) is 0 Å². The monoisotopic (exact) mass is 551 g/mol. The summed E-state index contributed by atoms with van der Waals surface area (Å²) in [6.07, 6.45) is 1.86. The average molecular weight is 552 g/mol. The van der Waals surface area contributed by atoms with Crippen molar-refractivity contribution < 1.29 is 4.74 Å². The van der Waals surface area contributed by atoms with Crippen LogP contribution in [0.3, 0.4) is 0 Å². The van der Waals surface area contributed by atoms with Crippen LogP contribution in [0.15, 0.2) is 66.9 Å². The number of thiocarbonyl (C=S) groups is 1. The highest BCUT2D eigenvalue weighted by molar-refractivity contribution is 7.80. The van der Waals surface area contributed by atoms with Gasteiger partial charge in [-0.05, 0) is 106 Å². The first-order valence-electron chi connectivity index (χ1n) is 14.0. The van der Waals surface area contributed by atoms with E-state index in [9.17, 15) is 0 Å². The van der Waals surface area contributed by atoms with E-state index in [1.165, 1.54) is 45.0 Å². The van der Waals surface area contributed by atoms with Crippen molar-refractivity contribution in [2.75, 3.05) is 36.1 Å². The normalized spacial score (nSPS) is 19.3.